The van der Waals surface area contributed by atoms with Crippen molar-refractivity contribution in [2.75, 3.05) is 7.11 Å². The topological polar surface area (TPSA) is 35.5 Å². The van der Waals surface area contributed by atoms with Crippen LogP contribution in [-0.2, 0) is 6.61 Å². The van der Waals surface area contributed by atoms with Gasteiger partial charge in [0.05, 0.1) is 7.11 Å². The van der Waals surface area contributed by atoms with Crippen molar-refractivity contribution in [3.8, 4) is 11.5 Å². The number of methoxy groups -OCH3 is 1. The summed E-state index contributed by atoms with van der Waals surface area (Å²) in [7, 11) is 1.53. The highest BCUT2D eigenvalue weighted by Gasteiger charge is 2.10. The van der Waals surface area contributed by atoms with Crippen LogP contribution in [-0.4, -0.2) is 12.4 Å². The van der Waals surface area contributed by atoms with Gasteiger partial charge in [0, 0.05) is 16.1 Å². The van der Waals surface area contributed by atoms with Gasteiger partial charge in [0.25, 0.3) is 5.24 Å². The molecule has 2 rings (SSSR count). The fourth-order valence-corrected chi connectivity index (χ4v) is 1.99. The second-order valence-corrected chi connectivity index (χ2v) is 4.77. The van der Waals surface area contributed by atoms with E-state index in [-0.39, 0.29) is 6.61 Å². The highest BCUT2D eigenvalue weighted by molar-refractivity contribution is 6.67. The van der Waals surface area contributed by atoms with Gasteiger partial charge >= 0.3 is 0 Å². The molecule has 0 saturated carbocycles. The van der Waals surface area contributed by atoms with Crippen molar-refractivity contribution in [3.63, 3.8) is 0 Å². The number of carbonyl (C=O) groups is 1. The zero-order chi connectivity index (χ0) is 14.5. The molecular weight excluding hydrogens is 299 g/mol. The smallest absolute Gasteiger partial charge is 0.252 e. The fourth-order valence-electron chi connectivity index (χ4n) is 1.68. The maximum atomic E-state index is 11.2. The molecule has 0 N–H and O–H groups in total. The van der Waals surface area contributed by atoms with Crippen molar-refractivity contribution < 1.29 is 14.3 Å². The highest BCUT2D eigenvalue weighted by atomic mass is 35.5. The molecule has 0 radical (unpaired) electrons. The zero-order valence-corrected chi connectivity index (χ0v) is 12.2. The standard InChI is InChI=1S/C15H12Cl2O3/c1-19-13-7-6-10(15(17)18)8-14(13)20-9-11-4-2-3-5-12(11)16/h2-8H,9H2,1H3. The van der Waals surface area contributed by atoms with Crippen molar-refractivity contribution >= 4 is 28.4 Å². The average Bonchev–Trinajstić information content (AvgIpc) is 2.46. The lowest BCUT2D eigenvalue weighted by Crippen LogP contribution is -2.00. The Morgan fingerprint density at radius 2 is 1.90 bits per heavy atom. The Labute approximate surface area is 127 Å². The van der Waals surface area contributed by atoms with Gasteiger partial charge in [-0.3, -0.25) is 4.79 Å². The van der Waals surface area contributed by atoms with E-state index in [1.807, 2.05) is 18.2 Å². The monoisotopic (exact) mass is 310 g/mol. The molecule has 5 heteroatoms. The van der Waals surface area contributed by atoms with Gasteiger partial charge in [-0.25, -0.2) is 0 Å². The molecule has 0 unspecified atom stereocenters. The van der Waals surface area contributed by atoms with E-state index in [1.165, 1.54) is 7.11 Å². The SMILES string of the molecule is COc1ccc(C(=O)Cl)cc1OCc1ccccc1Cl. The molecule has 0 saturated heterocycles. The molecule has 0 atom stereocenters. The van der Waals surface area contributed by atoms with Gasteiger partial charge in [0.2, 0.25) is 0 Å². The minimum Gasteiger partial charge on any atom is -0.493 e. The van der Waals surface area contributed by atoms with Crippen molar-refractivity contribution in [1.29, 1.82) is 0 Å². The minimum absolute atomic E-state index is 0.274. The lowest BCUT2D eigenvalue weighted by molar-refractivity contribution is 0.108. The molecule has 0 bridgehead atoms. The Bertz CT molecular complexity index is 626. The molecule has 0 heterocycles. The van der Waals surface area contributed by atoms with Crippen molar-refractivity contribution in [2.24, 2.45) is 0 Å². The predicted molar refractivity (Wildman–Crippen MR) is 79.0 cm³/mol. The summed E-state index contributed by atoms with van der Waals surface area (Å²) < 4.78 is 10.9. The second-order valence-electron chi connectivity index (χ2n) is 4.02. The Morgan fingerprint density at radius 1 is 1.15 bits per heavy atom. The summed E-state index contributed by atoms with van der Waals surface area (Å²) in [5, 5.41) is 0.0753. The van der Waals surface area contributed by atoms with Crippen LogP contribution in [0.25, 0.3) is 0 Å². The first-order valence-electron chi connectivity index (χ1n) is 5.86. The molecule has 20 heavy (non-hydrogen) atoms. The van der Waals surface area contributed by atoms with Gasteiger partial charge < -0.3 is 9.47 Å². The molecule has 0 fully saturated rings. The van der Waals surface area contributed by atoms with E-state index in [1.54, 1.807) is 24.3 Å². The van der Waals surface area contributed by atoms with Crippen LogP contribution in [0.1, 0.15) is 15.9 Å². The zero-order valence-electron chi connectivity index (χ0n) is 10.7. The normalized spacial score (nSPS) is 10.2. The molecule has 0 aliphatic rings. The summed E-state index contributed by atoms with van der Waals surface area (Å²) in [5.41, 5.74) is 1.19. The van der Waals surface area contributed by atoms with Crippen LogP contribution >= 0.6 is 23.2 Å². The van der Waals surface area contributed by atoms with Crippen LogP contribution in [0.4, 0.5) is 0 Å². The van der Waals surface area contributed by atoms with Crippen LogP contribution in [0.3, 0.4) is 0 Å². The lowest BCUT2D eigenvalue weighted by atomic mass is 10.2. The summed E-state index contributed by atoms with van der Waals surface area (Å²) >= 11 is 11.5. The molecule has 0 spiro atoms. The van der Waals surface area contributed by atoms with Crippen LogP contribution in [0, 0.1) is 0 Å². The van der Waals surface area contributed by atoms with E-state index in [0.717, 1.165) is 5.56 Å². The molecule has 2 aromatic carbocycles. The number of halogens is 2. The molecule has 3 nitrogen and oxygen atoms in total. The lowest BCUT2D eigenvalue weighted by Gasteiger charge is -2.12. The highest BCUT2D eigenvalue weighted by Crippen LogP contribution is 2.30. The first-order valence-corrected chi connectivity index (χ1v) is 6.61. The molecule has 0 amide bonds. The first-order chi connectivity index (χ1) is 9.61. The molecule has 0 aromatic heterocycles. The summed E-state index contributed by atoms with van der Waals surface area (Å²) in [6.07, 6.45) is 0. The van der Waals surface area contributed by atoms with Crippen molar-refractivity contribution in [3.05, 3.63) is 58.6 Å². The molecule has 104 valence electrons. The summed E-state index contributed by atoms with van der Waals surface area (Å²) in [6, 6.07) is 12.1. The average molecular weight is 311 g/mol. The van der Waals surface area contributed by atoms with E-state index in [4.69, 9.17) is 32.7 Å². The quantitative estimate of drug-likeness (QED) is 0.772. The van der Waals surface area contributed by atoms with E-state index in [2.05, 4.69) is 0 Å². The van der Waals surface area contributed by atoms with Gasteiger partial charge in [-0.05, 0) is 35.9 Å². The van der Waals surface area contributed by atoms with Crippen molar-refractivity contribution in [2.45, 2.75) is 6.61 Å². The number of benzene rings is 2. The van der Waals surface area contributed by atoms with E-state index in [9.17, 15) is 4.79 Å². The molecule has 2 aromatic rings. The number of ether oxygens (including phenoxy) is 2. The first kappa shape index (κ1) is 14.7. The third-order valence-corrected chi connectivity index (χ3v) is 3.32. The second kappa shape index (κ2) is 6.64. The van der Waals surface area contributed by atoms with E-state index >= 15 is 0 Å². The Kier molecular flexibility index (Phi) is 4.88. The number of hydrogen-bond donors (Lipinski definition) is 0. The van der Waals surface area contributed by atoms with Crippen molar-refractivity contribution in [1.82, 2.24) is 0 Å². The third-order valence-electron chi connectivity index (χ3n) is 2.73. The number of carbonyl (C=O) groups excluding carboxylic acids is 1. The van der Waals surface area contributed by atoms with E-state index in [0.29, 0.717) is 22.1 Å². The van der Waals surface area contributed by atoms with Gasteiger partial charge in [-0.1, -0.05) is 29.8 Å². The van der Waals surface area contributed by atoms with Gasteiger partial charge in [0.1, 0.15) is 6.61 Å². The van der Waals surface area contributed by atoms with Crippen LogP contribution in [0.15, 0.2) is 42.5 Å². The minimum atomic E-state index is -0.546. The molecule has 0 aliphatic heterocycles. The molecule has 0 aliphatic carbocycles. The Morgan fingerprint density at radius 3 is 2.55 bits per heavy atom. The maximum absolute atomic E-state index is 11.2. The van der Waals surface area contributed by atoms with E-state index < -0.39 is 5.24 Å². The van der Waals surface area contributed by atoms with Crippen LogP contribution < -0.4 is 9.47 Å². The Balaban J connectivity index is 2.22. The fraction of sp³-hybridized carbons (Fsp3) is 0.133. The maximum Gasteiger partial charge on any atom is 0.252 e. The summed E-state index contributed by atoms with van der Waals surface area (Å²) in [4.78, 5) is 11.2. The number of rotatable bonds is 5. The predicted octanol–water partition coefficient (Wildman–Crippen LogP) is 4.31. The Hall–Kier alpha value is -1.71. The van der Waals surface area contributed by atoms with Crippen LogP contribution in [0.2, 0.25) is 5.02 Å². The summed E-state index contributed by atoms with van der Waals surface area (Å²) in [6.45, 7) is 0.274. The largest absolute Gasteiger partial charge is 0.493 e. The van der Waals surface area contributed by atoms with Crippen LogP contribution in [0.5, 0.6) is 11.5 Å². The molecular formula is C15H12Cl2O3. The van der Waals surface area contributed by atoms with Gasteiger partial charge in [0.15, 0.2) is 11.5 Å². The third kappa shape index (κ3) is 3.44. The summed E-state index contributed by atoms with van der Waals surface area (Å²) in [5.74, 6) is 0.970. The van der Waals surface area contributed by atoms with Gasteiger partial charge in [-0.15, -0.1) is 0 Å². The van der Waals surface area contributed by atoms with Gasteiger partial charge in [-0.2, -0.15) is 0 Å². The number of hydrogen-bond acceptors (Lipinski definition) is 3.